The number of hydrogen-bond donors (Lipinski definition) is 1. The quantitative estimate of drug-likeness (QED) is 0.202. The molecule has 4 aromatic rings. The lowest BCUT2D eigenvalue weighted by molar-refractivity contribution is 0.0696. The highest BCUT2D eigenvalue weighted by molar-refractivity contribution is 7.09. The van der Waals surface area contributed by atoms with Gasteiger partial charge in [0, 0.05) is 41.5 Å². The number of carboxylic acids is 1. The van der Waals surface area contributed by atoms with Crippen LogP contribution in [0.4, 0.5) is 5.69 Å². The highest BCUT2D eigenvalue weighted by atomic mass is 32.1. The molecule has 0 saturated heterocycles. The lowest BCUT2D eigenvalue weighted by atomic mass is 10.0. The van der Waals surface area contributed by atoms with E-state index in [0.29, 0.717) is 17.8 Å². The van der Waals surface area contributed by atoms with Crippen molar-refractivity contribution in [2.75, 3.05) is 4.90 Å². The SMILES string of the molecule is CCC(CC)N(Cc1ccc(-c2csc(COc3ccc(C(=O)O)cn3)n2)cc1)c1ccc(C(C)C)cc1. The number of aromatic carboxylic acids is 1. The minimum Gasteiger partial charge on any atom is -0.478 e. The van der Waals surface area contributed by atoms with E-state index in [9.17, 15) is 4.79 Å². The van der Waals surface area contributed by atoms with Gasteiger partial charge in [0.15, 0.2) is 0 Å². The van der Waals surface area contributed by atoms with Crippen LogP contribution < -0.4 is 9.64 Å². The predicted molar refractivity (Wildman–Crippen MR) is 154 cm³/mol. The van der Waals surface area contributed by atoms with E-state index in [1.54, 1.807) is 6.07 Å². The summed E-state index contributed by atoms with van der Waals surface area (Å²) in [6, 6.07) is 21.2. The second kappa shape index (κ2) is 12.7. The molecule has 0 spiro atoms. The highest BCUT2D eigenvalue weighted by Gasteiger charge is 2.17. The number of carbonyl (C=O) groups is 1. The second-order valence-corrected chi connectivity index (χ2v) is 10.6. The molecule has 0 bridgehead atoms. The molecule has 1 N–H and O–H groups in total. The van der Waals surface area contributed by atoms with Crippen LogP contribution in [0.15, 0.2) is 72.2 Å². The van der Waals surface area contributed by atoms with Gasteiger partial charge in [-0.25, -0.2) is 14.8 Å². The van der Waals surface area contributed by atoms with Gasteiger partial charge in [-0.2, -0.15) is 0 Å². The number of aromatic nitrogens is 2. The summed E-state index contributed by atoms with van der Waals surface area (Å²) in [4.78, 5) is 22.2. The van der Waals surface area contributed by atoms with Crippen LogP contribution in [0.1, 0.15) is 72.9 Å². The van der Waals surface area contributed by atoms with Gasteiger partial charge >= 0.3 is 5.97 Å². The Morgan fingerprint density at radius 3 is 2.29 bits per heavy atom. The van der Waals surface area contributed by atoms with Crippen LogP contribution in [-0.2, 0) is 13.2 Å². The molecule has 0 unspecified atom stereocenters. The molecular weight excluding hydrogens is 494 g/mol. The molecule has 38 heavy (non-hydrogen) atoms. The second-order valence-electron chi connectivity index (χ2n) is 9.65. The van der Waals surface area contributed by atoms with E-state index in [1.165, 1.54) is 40.4 Å². The van der Waals surface area contributed by atoms with Crippen LogP contribution >= 0.6 is 11.3 Å². The third-order valence-electron chi connectivity index (χ3n) is 6.76. The lowest BCUT2D eigenvalue weighted by Crippen LogP contribution is -2.34. The van der Waals surface area contributed by atoms with Crippen molar-refractivity contribution in [2.24, 2.45) is 0 Å². The first-order valence-corrected chi connectivity index (χ1v) is 14.0. The largest absolute Gasteiger partial charge is 0.478 e. The van der Waals surface area contributed by atoms with Crippen molar-refractivity contribution in [3.8, 4) is 17.1 Å². The van der Waals surface area contributed by atoms with Crippen LogP contribution in [-0.4, -0.2) is 27.1 Å². The van der Waals surface area contributed by atoms with Gasteiger partial charge in [-0.15, -0.1) is 11.3 Å². The normalized spacial score (nSPS) is 11.2. The summed E-state index contributed by atoms with van der Waals surface area (Å²) in [6.07, 6.45) is 3.49. The van der Waals surface area contributed by atoms with Gasteiger partial charge in [0.25, 0.3) is 0 Å². The molecule has 0 atom stereocenters. The monoisotopic (exact) mass is 529 g/mol. The topological polar surface area (TPSA) is 75.5 Å². The molecule has 4 rings (SSSR count). The van der Waals surface area contributed by atoms with Gasteiger partial charge in [0.1, 0.15) is 11.6 Å². The first-order valence-electron chi connectivity index (χ1n) is 13.1. The molecule has 0 saturated carbocycles. The summed E-state index contributed by atoms with van der Waals surface area (Å²) in [5.41, 5.74) is 6.00. The molecular formula is C31H35N3O3S. The van der Waals surface area contributed by atoms with Gasteiger partial charge in [0.2, 0.25) is 5.88 Å². The van der Waals surface area contributed by atoms with Crippen molar-refractivity contribution >= 4 is 23.0 Å². The Labute approximate surface area is 229 Å². The van der Waals surface area contributed by atoms with E-state index in [0.717, 1.165) is 35.7 Å². The van der Waals surface area contributed by atoms with Gasteiger partial charge in [-0.3, -0.25) is 0 Å². The fourth-order valence-corrected chi connectivity index (χ4v) is 5.14. The number of thiazole rings is 1. The first kappa shape index (κ1) is 27.3. The van der Waals surface area contributed by atoms with E-state index in [-0.39, 0.29) is 12.2 Å². The molecule has 0 aliphatic carbocycles. The average Bonchev–Trinajstić information content (AvgIpc) is 3.42. The number of carboxylic acid groups (broad SMARTS) is 1. The summed E-state index contributed by atoms with van der Waals surface area (Å²) >= 11 is 1.53. The summed E-state index contributed by atoms with van der Waals surface area (Å²) in [5, 5.41) is 11.8. The zero-order valence-corrected chi connectivity index (χ0v) is 23.2. The highest BCUT2D eigenvalue weighted by Crippen LogP contribution is 2.28. The zero-order valence-electron chi connectivity index (χ0n) is 22.4. The molecule has 2 aromatic carbocycles. The van der Waals surface area contributed by atoms with Crippen molar-refractivity contribution in [3.63, 3.8) is 0 Å². The van der Waals surface area contributed by atoms with Crippen LogP contribution in [0.3, 0.4) is 0 Å². The van der Waals surface area contributed by atoms with Crippen LogP contribution in [0, 0.1) is 0 Å². The molecule has 2 heterocycles. The Balaban J connectivity index is 1.42. The molecule has 198 valence electrons. The maximum Gasteiger partial charge on any atom is 0.337 e. The van der Waals surface area contributed by atoms with E-state index < -0.39 is 5.97 Å². The molecule has 0 amide bonds. The van der Waals surface area contributed by atoms with Gasteiger partial charge in [-0.1, -0.05) is 64.1 Å². The van der Waals surface area contributed by atoms with Crippen LogP contribution in [0.2, 0.25) is 0 Å². The van der Waals surface area contributed by atoms with E-state index in [2.05, 4.69) is 86.1 Å². The van der Waals surface area contributed by atoms with Gasteiger partial charge in [0.05, 0.1) is 11.3 Å². The maximum absolute atomic E-state index is 11.0. The molecule has 6 nitrogen and oxygen atoms in total. The fraction of sp³-hybridized carbons (Fsp3) is 0.323. The van der Waals surface area contributed by atoms with Crippen LogP contribution in [0.25, 0.3) is 11.3 Å². The van der Waals surface area contributed by atoms with Crippen molar-refractivity contribution < 1.29 is 14.6 Å². The third kappa shape index (κ3) is 6.78. The van der Waals surface area contributed by atoms with Crippen molar-refractivity contribution in [1.82, 2.24) is 9.97 Å². The number of benzene rings is 2. The molecule has 0 aliphatic heterocycles. The maximum atomic E-state index is 11.0. The number of hydrogen-bond acceptors (Lipinski definition) is 6. The number of pyridine rings is 1. The average molecular weight is 530 g/mol. The molecule has 0 radical (unpaired) electrons. The standard InChI is InChI=1S/C31H35N3O3S/c1-5-26(6-2)34(27-14-11-23(12-15-27)21(3)4)18-22-7-9-24(10-8-22)28-20-38-30(33-28)19-37-29-16-13-25(17-32-29)31(35)36/h7-17,20-21,26H,5-6,18-19H2,1-4H3,(H,35,36). The molecule has 7 heteroatoms. The predicted octanol–water partition coefficient (Wildman–Crippen LogP) is 7.80. The molecule has 0 aliphatic rings. The van der Waals surface area contributed by atoms with Gasteiger partial charge < -0.3 is 14.7 Å². The first-order chi connectivity index (χ1) is 18.4. The van der Waals surface area contributed by atoms with E-state index in [1.807, 2.05) is 5.38 Å². The number of ether oxygens (including phenoxy) is 1. The van der Waals surface area contributed by atoms with Crippen molar-refractivity contribution in [2.45, 2.75) is 65.6 Å². The van der Waals surface area contributed by atoms with E-state index >= 15 is 0 Å². The Morgan fingerprint density at radius 2 is 1.71 bits per heavy atom. The summed E-state index contributed by atoms with van der Waals surface area (Å²) in [6.45, 7) is 10.1. The van der Waals surface area contributed by atoms with Crippen molar-refractivity contribution in [3.05, 3.63) is 93.9 Å². The molecule has 2 aromatic heterocycles. The fourth-order valence-electron chi connectivity index (χ4n) is 4.43. The smallest absolute Gasteiger partial charge is 0.337 e. The van der Waals surface area contributed by atoms with Crippen LogP contribution in [0.5, 0.6) is 5.88 Å². The Kier molecular flexibility index (Phi) is 9.13. The minimum atomic E-state index is -1.01. The third-order valence-corrected chi connectivity index (χ3v) is 7.58. The number of nitrogens with zero attached hydrogens (tertiary/aromatic N) is 3. The lowest BCUT2D eigenvalue weighted by Gasteiger charge is -2.33. The van der Waals surface area contributed by atoms with Crippen molar-refractivity contribution in [1.29, 1.82) is 0 Å². The summed E-state index contributed by atoms with van der Waals surface area (Å²) < 4.78 is 5.68. The summed E-state index contributed by atoms with van der Waals surface area (Å²) in [7, 11) is 0. The Hall–Kier alpha value is -3.71. The molecule has 0 fully saturated rings. The van der Waals surface area contributed by atoms with Gasteiger partial charge in [-0.05, 0) is 48.1 Å². The number of rotatable bonds is 12. The van der Waals surface area contributed by atoms with E-state index in [4.69, 9.17) is 14.8 Å². The minimum absolute atomic E-state index is 0.129. The Morgan fingerprint density at radius 1 is 1.00 bits per heavy atom. The summed E-state index contributed by atoms with van der Waals surface area (Å²) in [5.74, 6) is -0.113. The number of anilines is 1. The zero-order chi connectivity index (χ0) is 27.1. The Bertz CT molecular complexity index is 1310.